The van der Waals surface area contributed by atoms with Gasteiger partial charge in [-0.1, -0.05) is 17.7 Å². The first-order valence-electron chi connectivity index (χ1n) is 4.17. The van der Waals surface area contributed by atoms with Gasteiger partial charge in [-0.3, -0.25) is 10.7 Å². The zero-order valence-electron chi connectivity index (χ0n) is 8.10. The van der Waals surface area contributed by atoms with Crippen molar-refractivity contribution in [2.45, 2.75) is 6.92 Å². The van der Waals surface area contributed by atoms with E-state index in [0.717, 1.165) is 5.56 Å². The molecule has 0 aliphatic carbocycles. The predicted octanol–water partition coefficient (Wildman–Crippen LogP) is 1.66. The highest BCUT2D eigenvalue weighted by atomic mass is 35.5. The highest BCUT2D eigenvalue weighted by molar-refractivity contribution is 6.33. The molecule has 0 heterocycles. The molecule has 0 bridgehead atoms. The maximum atomic E-state index is 11.2. The predicted molar refractivity (Wildman–Crippen MR) is 60.3 cm³/mol. The van der Waals surface area contributed by atoms with Crippen molar-refractivity contribution in [3.63, 3.8) is 0 Å². The number of amides is 2. The van der Waals surface area contributed by atoms with E-state index in [2.05, 4.69) is 10.6 Å². The smallest absolute Gasteiger partial charge is 0.326 e. The molecule has 0 saturated carbocycles. The van der Waals surface area contributed by atoms with E-state index in [1.807, 2.05) is 13.0 Å². The molecule has 0 unspecified atom stereocenters. The Morgan fingerprint density at radius 1 is 1.53 bits per heavy atom. The molecule has 1 rings (SSSR count). The minimum atomic E-state index is -0.590. The highest BCUT2D eigenvalue weighted by Crippen LogP contribution is 2.22. The van der Waals surface area contributed by atoms with Crippen molar-refractivity contribution in [2.75, 3.05) is 5.32 Å². The largest absolute Gasteiger partial charge is 0.370 e. The van der Waals surface area contributed by atoms with E-state index >= 15 is 0 Å². The van der Waals surface area contributed by atoms with E-state index in [1.54, 1.807) is 12.1 Å². The lowest BCUT2D eigenvalue weighted by Crippen LogP contribution is -2.38. The van der Waals surface area contributed by atoms with Crippen LogP contribution < -0.4 is 16.4 Å². The Bertz CT molecular complexity index is 405. The summed E-state index contributed by atoms with van der Waals surface area (Å²) in [6.07, 6.45) is 0. The van der Waals surface area contributed by atoms with Gasteiger partial charge in [-0.15, -0.1) is 0 Å². The van der Waals surface area contributed by atoms with Crippen LogP contribution >= 0.6 is 11.6 Å². The van der Waals surface area contributed by atoms with E-state index in [0.29, 0.717) is 10.7 Å². The number of benzene rings is 1. The molecular formula is C9H11ClN4O. The van der Waals surface area contributed by atoms with Gasteiger partial charge in [0.15, 0.2) is 5.96 Å². The molecule has 6 heteroatoms. The third-order valence-corrected chi connectivity index (χ3v) is 1.93. The number of hydrogen-bond acceptors (Lipinski definition) is 2. The molecule has 1 aromatic rings. The van der Waals surface area contributed by atoms with Crippen LogP contribution in [0.3, 0.4) is 0 Å². The monoisotopic (exact) mass is 226 g/mol. The van der Waals surface area contributed by atoms with Crippen molar-refractivity contribution in [2.24, 2.45) is 5.73 Å². The normalized spacial score (nSPS) is 9.47. The van der Waals surface area contributed by atoms with Gasteiger partial charge in [0.05, 0.1) is 10.7 Å². The molecule has 80 valence electrons. The lowest BCUT2D eigenvalue weighted by molar-refractivity contribution is 0.256. The van der Waals surface area contributed by atoms with Crippen molar-refractivity contribution in [1.82, 2.24) is 5.32 Å². The minimum Gasteiger partial charge on any atom is -0.370 e. The summed E-state index contributed by atoms with van der Waals surface area (Å²) in [5.74, 6) is -0.421. The average molecular weight is 227 g/mol. The van der Waals surface area contributed by atoms with Crippen LogP contribution in [0.25, 0.3) is 0 Å². The van der Waals surface area contributed by atoms with Crippen molar-refractivity contribution < 1.29 is 4.79 Å². The summed E-state index contributed by atoms with van der Waals surface area (Å²) in [4.78, 5) is 11.2. The summed E-state index contributed by atoms with van der Waals surface area (Å²) >= 11 is 5.88. The molecule has 2 amide bonds. The molecule has 0 atom stereocenters. The maximum Gasteiger partial charge on any atom is 0.326 e. The number of halogens is 1. The topological polar surface area (TPSA) is 91.0 Å². The fraction of sp³-hybridized carbons (Fsp3) is 0.111. The number of aryl methyl sites for hydroxylation is 1. The SMILES string of the molecule is Cc1ccc(NC(=O)NC(=N)N)c(Cl)c1. The van der Waals surface area contributed by atoms with Crippen molar-refractivity contribution in [3.05, 3.63) is 28.8 Å². The molecule has 5 N–H and O–H groups in total. The second kappa shape index (κ2) is 4.65. The zero-order valence-corrected chi connectivity index (χ0v) is 8.85. The molecule has 1 aromatic carbocycles. The fourth-order valence-electron chi connectivity index (χ4n) is 0.997. The standard InChI is InChI=1S/C9H11ClN4O/c1-5-2-3-7(6(10)4-5)13-9(15)14-8(11)12/h2-4H,1H3,(H5,11,12,13,14,15). The van der Waals surface area contributed by atoms with E-state index in [-0.39, 0.29) is 0 Å². The third-order valence-electron chi connectivity index (χ3n) is 1.62. The van der Waals surface area contributed by atoms with Gasteiger partial charge >= 0.3 is 6.03 Å². The van der Waals surface area contributed by atoms with Crippen LogP contribution in [0.2, 0.25) is 5.02 Å². The van der Waals surface area contributed by atoms with Crippen molar-refractivity contribution in [1.29, 1.82) is 5.41 Å². The molecule has 0 aliphatic heterocycles. The van der Waals surface area contributed by atoms with E-state index in [9.17, 15) is 4.79 Å². The maximum absolute atomic E-state index is 11.2. The number of rotatable bonds is 1. The molecule has 0 spiro atoms. The molecule has 15 heavy (non-hydrogen) atoms. The number of guanidine groups is 1. The molecular weight excluding hydrogens is 216 g/mol. The minimum absolute atomic E-state index is 0.421. The number of hydrogen-bond donors (Lipinski definition) is 4. The van der Waals surface area contributed by atoms with Gasteiger partial charge in [-0.2, -0.15) is 0 Å². The van der Waals surface area contributed by atoms with Gasteiger partial charge in [0.25, 0.3) is 0 Å². The summed E-state index contributed by atoms with van der Waals surface area (Å²) in [5, 5.41) is 11.8. The van der Waals surface area contributed by atoms with E-state index in [1.165, 1.54) is 0 Å². The van der Waals surface area contributed by atoms with Gasteiger partial charge < -0.3 is 11.1 Å². The Morgan fingerprint density at radius 3 is 2.73 bits per heavy atom. The van der Waals surface area contributed by atoms with Crippen LogP contribution in [0.4, 0.5) is 10.5 Å². The second-order valence-electron chi connectivity index (χ2n) is 2.98. The summed E-state index contributed by atoms with van der Waals surface area (Å²) < 4.78 is 0. The van der Waals surface area contributed by atoms with Crippen LogP contribution in [-0.4, -0.2) is 12.0 Å². The van der Waals surface area contributed by atoms with Crippen LogP contribution in [0.5, 0.6) is 0 Å². The van der Waals surface area contributed by atoms with E-state index < -0.39 is 12.0 Å². The summed E-state index contributed by atoms with van der Waals surface area (Å²) in [6.45, 7) is 1.89. The van der Waals surface area contributed by atoms with Crippen LogP contribution in [0.15, 0.2) is 18.2 Å². The number of anilines is 1. The fourth-order valence-corrected chi connectivity index (χ4v) is 1.28. The first-order valence-corrected chi connectivity index (χ1v) is 4.55. The molecule has 0 aliphatic rings. The highest BCUT2D eigenvalue weighted by Gasteiger charge is 2.05. The first-order chi connectivity index (χ1) is 6.99. The Morgan fingerprint density at radius 2 is 2.20 bits per heavy atom. The lowest BCUT2D eigenvalue weighted by Gasteiger charge is -2.07. The zero-order chi connectivity index (χ0) is 11.4. The van der Waals surface area contributed by atoms with Gasteiger partial charge in [-0.05, 0) is 24.6 Å². The summed E-state index contributed by atoms with van der Waals surface area (Å²) in [5.41, 5.74) is 6.46. The van der Waals surface area contributed by atoms with Crippen LogP contribution in [-0.2, 0) is 0 Å². The Labute approximate surface area is 92.1 Å². The molecule has 0 radical (unpaired) electrons. The molecule has 0 saturated heterocycles. The van der Waals surface area contributed by atoms with Crippen molar-refractivity contribution in [3.8, 4) is 0 Å². The summed E-state index contributed by atoms with van der Waals surface area (Å²) in [6, 6.07) is 4.63. The third kappa shape index (κ3) is 3.47. The number of carbonyl (C=O) groups excluding carboxylic acids is 1. The first kappa shape index (κ1) is 11.3. The lowest BCUT2D eigenvalue weighted by atomic mass is 10.2. The Hall–Kier alpha value is -1.75. The molecule has 5 nitrogen and oxygen atoms in total. The average Bonchev–Trinajstić information content (AvgIpc) is 2.08. The van der Waals surface area contributed by atoms with Gasteiger partial charge in [0.1, 0.15) is 0 Å². The Balaban J connectivity index is 2.72. The quantitative estimate of drug-likeness (QED) is 0.433. The Kier molecular flexibility index (Phi) is 3.51. The van der Waals surface area contributed by atoms with Crippen LogP contribution in [0.1, 0.15) is 5.56 Å². The number of nitrogens with two attached hydrogens (primary N) is 1. The second-order valence-corrected chi connectivity index (χ2v) is 3.38. The number of nitrogens with one attached hydrogen (secondary N) is 3. The summed E-state index contributed by atoms with van der Waals surface area (Å²) in [7, 11) is 0. The van der Waals surface area contributed by atoms with Crippen LogP contribution in [0, 0.1) is 12.3 Å². The van der Waals surface area contributed by atoms with Gasteiger partial charge in [0, 0.05) is 0 Å². The van der Waals surface area contributed by atoms with E-state index in [4.69, 9.17) is 22.7 Å². The number of urea groups is 1. The van der Waals surface area contributed by atoms with Gasteiger partial charge in [-0.25, -0.2) is 4.79 Å². The molecule has 0 fully saturated rings. The number of carbonyl (C=O) groups is 1. The van der Waals surface area contributed by atoms with Crippen molar-refractivity contribution >= 4 is 29.3 Å². The molecule has 0 aromatic heterocycles. The van der Waals surface area contributed by atoms with Gasteiger partial charge in [0.2, 0.25) is 0 Å².